The Morgan fingerprint density at radius 3 is 1.11 bits per heavy atom. The summed E-state index contributed by atoms with van der Waals surface area (Å²) in [6.45, 7) is 0. The average molecular weight is 258 g/mol. The smallest absolute Gasteiger partial charge is 0.254 e. The van der Waals surface area contributed by atoms with E-state index < -0.39 is 7.67 Å². The Labute approximate surface area is 116 Å². The summed E-state index contributed by atoms with van der Waals surface area (Å²) in [6, 6.07) is 0. The summed E-state index contributed by atoms with van der Waals surface area (Å²) in [4.78, 5) is 0. The van der Waals surface area contributed by atoms with Gasteiger partial charge in [0, 0.05) is 0 Å². The van der Waals surface area contributed by atoms with E-state index in [0.717, 1.165) is 0 Å². The fourth-order valence-corrected chi connectivity index (χ4v) is 7.02. The van der Waals surface area contributed by atoms with Gasteiger partial charge in [0.2, 0.25) is 0 Å². The van der Waals surface area contributed by atoms with Gasteiger partial charge in [0.15, 0.2) is 0 Å². The first kappa shape index (κ1) is 15.0. The number of rotatable bonds is 3. The molecular weight excluding hydrogens is 240 g/mol. The summed E-state index contributed by atoms with van der Waals surface area (Å²) in [5, 5.41) is -0.680. The van der Waals surface area contributed by atoms with Crippen molar-refractivity contribution in [2.45, 2.75) is 21.4 Å². The van der Waals surface area contributed by atoms with E-state index >= 15 is 0 Å². The molecule has 5 nitrogen and oxygen atoms in total. The van der Waals surface area contributed by atoms with E-state index in [1.807, 2.05) is 9.34 Å². The van der Waals surface area contributed by atoms with E-state index in [1.165, 1.54) is 0 Å². The van der Waals surface area contributed by atoms with Gasteiger partial charge in [0.05, 0.1) is 0 Å². The highest BCUT2D eigenvalue weighted by atomic mass is 31.2. The minimum absolute atomic E-state index is 0.170. The van der Waals surface area contributed by atoms with Crippen molar-refractivity contribution in [3.8, 4) is 0 Å². The Morgan fingerprint density at radius 2 is 1.00 bits per heavy atom. The lowest BCUT2D eigenvalue weighted by Crippen LogP contribution is -2.26. The Hall–Kier alpha value is 0.589. The van der Waals surface area contributed by atoms with Crippen molar-refractivity contribution in [2.75, 3.05) is 0 Å². The van der Waals surface area contributed by atoms with Crippen molar-refractivity contribution >= 4 is 70.4 Å². The monoisotopic (exact) mass is 259 g/mol. The third-order valence-corrected chi connectivity index (χ3v) is 8.94. The molecule has 0 bridgehead atoms. The predicted molar refractivity (Wildman–Crippen MR) is 95.8 cm³/mol. The lowest BCUT2D eigenvalue weighted by atomic mass is 9.49. The minimum atomic E-state index is -3.16. The summed E-state index contributed by atoms with van der Waals surface area (Å²) in [5.74, 6) is 5.43. The van der Waals surface area contributed by atoms with Crippen LogP contribution in [-0.2, 0) is 9.19 Å². The standard InChI is InChI=1S/C4H18B8N3O2P/c5-1(6)2(7,8)14(1)18(16,17-13)15-3(9,10)4(15,11)12/h5-13H2. The molecule has 0 aromatic heterocycles. The van der Waals surface area contributed by atoms with Gasteiger partial charge in [0.25, 0.3) is 0 Å². The van der Waals surface area contributed by atoms with Gasteiger partial charge in [-0.1, -0.05) is 0 Å². The summed E-state index contributed by atoms with van der Waals surface area (Å²) in [5.41, 5.74) is 0. The second-order valence-corrected chi connectivity index (χ2v) is 9.45. The first-order chi connectivity index (χ1) is 7.79. The first-order valence-electron chi connectivity index (χ1n) is 6.40. The van der Waals surface area contributed by atoms with E-state index in [-0.39, 0.29) is 21.4 Å². The van der Waals surface area contributed by atoms with Crippen molar-refractivity contribution in [3.05, 3.63) is 0 Å². The van der Waals surface area contributed by atoms with Crippen molar-refractivity contribution in [3.63, 3.8) is 0 Å². The highest BCUT2D eigenvalue weighted by molar-refractivity contribution is 7.56. The molecule has 2 N–H and O–H groups in total. The van der Waals surface area contributed by atoms with Crippen LogP contribution in [0.3, 0.4) is 0 Å². The second kappa shape index (κ2) is 3.43. The Morgan fingerprint density at radius 1 is 0.778 bits per heavy atom. The Balaban J connectivity index is 2.40. The van der Waals surface area contributed by atoms with E-state index in [1.54, 1.807) is 0 Å². The molecule has 0 saturated carbocycles. The largest absolute Gasteiger partial charge is 0.358 e. The van der Waals surface area contributed by atoms with Crippen molar-refractivity contribution < 1.29 is 9.19 Å². The molecule has 0 amide bonds. The van der Waals surface area contributed by atoms with E-state index in [2.05, 4.69) is 62.8 Å². The van der Waals surface area contributed by atoms with Crippen LogP contribution in [0.5, 0.6) is 0 Å². The zero-order chi connectivity index (χ0) is 14.4. The van der Waals surface area contributed by atoms with Gasteiger partial charge in [-0.3, -0.25) is 4.57 Å². The van der Waals surface area contributed by atoms with Crippen LogP contribution in [0.1, 0.15) is 0 Å². The van der Waals surface area contributed by atoms with Crippen LogP contribution in [0.15, 0.2) is 0 Å². The molecule has 2 saturated heterocycles. The first-order valence-corrected chi connectivity index (χ1v) is 7.93. The maximum Gasteiger partial charge on any atom is 0.358 e. The van der Waals surface area contributed by atoms with Crippen LogP contribution in [-0.4, -0.2) is 93.5 Å². The summed E-state index contributed by atoms with van der Waals surface area (Å²) in [7, 11) is 13.4. The highest BCUT2D eigenvalue weighted by Gasteiger charge is 2.78. The molecule has 0 aliphatic carbocycles. The van der Waals surface area contributed by atoms with Gasteiger partial charge in [-0.25, -0.2) is 19.9 Å². The minimum Gasteiger partial charge on any atom is -0.254 e. The summed E-state index contributed by atoms with van der Waals surface area (Å²) < 4.78 is 22.1. The van der Waals surface area contributed by atoms with Crippen LogP contribution >= 0.6 is 7.67 Å². The molecular formula is C4H18B8N3O2P. The molecule has 0 aromatic rings. The fourth-order valence-electron chi connectivity index (χ4n) is 3.23. The van der Waals surface area contributed by atoms with Crippen LogP contribution in [0, 0.1) is 0 Å². The maximum absolute atomic E-state index is 13.3. The topological polar surface area (TPSA) is 58.3 Å². The maximum atomic E-state index is 13.3. The molecule has 14 heteroatoms. The fraction of sp³-hybridized carbons (Fsp3) is 1.00. The molecule has 18 heavy (non-hydrogen) atoms. The second-order valence-electron chi connectivity index (χ2n) is 7.46. The van der Waals surface area contributed by atoms with Crippen molar-refractivity contribution in [1.82, 2.24) is 9.34 Å². The van der Waals surface area contributed by atoms with Gasteiger partial charge in [-0.2, -0.15) is 0 Å². The van der Waals surface area contributed by atoms with E-state index in [0.29, 0.717) is 0 Å². The van der Waals surface area contributed by atoms with Gasteiger partial charge < -0.3 is 0 Å². The van der Waals surface area contributed by atoms with Gasteiger partial charge >= 0.3 is 7.67 Å². The molecule has 2 aliphatic heterocycles. The highest BCUT2D eigenvalue weighted by Crippen LogP contribution is 2.75. The summed E-state index contributed by atoms with van der Waals surface area (Å²) >= 11 is 0. The molecule has 0 radical (unpaired) electrons. The molecule has 0 aromatic carbocycles. The molecule has 2 aliphatic rings. The number of nitrogens with two attached hydrogens (primary N) is 1. The zero-order valence-corrected chi connectivity index (χ0v) is 13.6. The quantitative estimate of drug-likeness (QED) is 0.236. The lowest BCUT2D eigenvalue weighted by molar-refractivity contribution is 0.275. The SMILES string of the molecule is BC1(B)N(P(=O)(ON)N2C(B)(B)C2(B)B)C1(B)B. The van der Waals surface area contributed by atoms with Crippen LogP contribution in [0.4, 0.5) is 0 Å². The van der Waals surface area contributed by atoms with Crippen LogP contribution < -0.4 is 5.90 Å². The molecule has 0 spiro atoms. The molecule has 2 rings (SSSR count). The Kier molecular flexibility index (Phi) is 2.85. The molecule has 90 valence electrons. The molecule has 0 unspecified atom stereocenters. The molecule has 2 fully saturated rings. The van der Waals surface area contributed by atoms with Gasteiger partial charge in [-0.05, 0) is 21.4 Å². The van der Waals surface area contributed by atoms with E-state index in [9.17, 15) is 4.57 Å². The lowest BCUT2D eigenvalue weighted by Gasteiger charge is -2.25. The average Bonchev–Trinajstić information content (AvgIpc) is 2.75. The Bertz CT molecular complexity index is 390. The van der Waals surface area contributed by atoms with Crippen molar-refractivity contribution in [1.29, 1.82) is 0 Å². The number of hydrogen-bond acceptors (Lipinski definition) is 3. The van der Waals surface area contributed by atoms with Crippen LogP contribution in [0.25, 0.3) is 0 Å². The van der Waals surface area contributed by atoms with Gasteiger partial charge in [0.1, 0.15) is 62.8 Å². The third kappa shape index (κ3) is 1.40. The number of hydrogen-bond donors (Lipinski definition) is 1. The van der Waals surface area contributed by atoms with Crippen LogP contribution in [0.2, 0.25) is 0 Å². The third-order valence-electron chi connectivity index (χ3n) is 5.66. The predicted octanol–water partition coefficient (Wildman–Crippen LogP) is -8.70. The number of nitrogens with zero attached hydrogens (tertiary/aromatic N) is 2. The normalized spacial score (nSPS) is 31.8. The van der Waals surface area contributed by atoms with E-state index in [4.69, 9.17) is 10.5 Å². The van der Waals surface area contributed by atoms with Gasteiger partial charge in [-0.15, -0.1) is 0 Å². The van der Waals surface area contributed by atoms with Crippen molar-refractivity contribution in [2.24, 2.45) is 5.90 Å². The molecule has 2 heterocycles. The summed E-state index contributed by atoms with van der Waals surface area (Å²) in [6.07, 6.45) is 0. The molecule has 0 atom stereocenters. The zero-order valence-electron chi connectivity index (χ0n) is 12.7.